The molecule has 2 aromatic carbocycles. The second kappa shape index (κ2) is 9.85. The van der Waals surface area contributed by atoms with Gasteiger partial charge in [-0.2, -0.15) is 0 Å². The molecule has 0 saturated carbocycles. The van der Waals surface area contributed by atoms with Crippen LogP contribution in [0.25, 0.3) is 17.0 Å². The normalized spacial score (nSPS) is 13.6. The number of nitrogens with zero attached hydrogens (tertiary/aromatic N) is 2. The number of Topliss-reactive ketones (excluding diaryl/α,β-unsaturated/α-hetero) is 1. The van der Waals surface area contributed by atoms with E-state index in [-0.39, 0.29) is 18.0 Å². The summed E-state index contributed by atoms with van der Waals surface area (Å²) in [5.74, 6) is 1.80. The highest BCUT2D eigenvalue weighted by molar-refractivity contribution is 6.16. The fraction of sp³-hybridized carbons (Fsp3) is 0.250. The summed E-state index contributed by atoms with van der Waals surface area (Å²) in [6, 6.07) is 10.7. The molecule has 0 aliphatic carbocycles. The van der Waals surface area contributed by atoms with Crippen LogP contribution >= 0.6 is 0 Å². The van der Waals surface area contributed by atoms with Gasteiger partial charge in [0, 0.05) is 47.8 Å². The van der Waals surface area contributed by atoms with Crippen LogP contribution in [0.4, 0.5) is 0 Å². The molecule has 37 heavy (non-hydrogen) atoms. The molecular weight excluding hydrogens is 476 g/mol. The predicted octanol–water partition coefficient (Wildman–Crippen LogP) is 5.13. The first kappa shape index (κ1) is 24.2. The van der Waals surface area contributed by atoms with Gasteiger partial charge in [0.15, 0.2) is 5.76 Å². The molecule has 5 rings (SSSR count). The van der Waals surface area contributed by atoms with Crippen molar-refractivity contribution in [1.29, 1.82) is 0 Å². The lowest BCUT2D eigenvalue weighted by atomic mass is 10.0. The Hall–Kier alpha value is -4.53. The number of fused-ring (bicyclic) bond motifs is 2. The lowest BCUT2D eigenvalue weighted by Gasteiger charge is -2.07. The Labute approximate surface area is 213 Å². The van der Waals surface area contributed by atoms with Gasteiger partial charge < -0.3 is 28.0 Å². The zero-order valence-electron chi connectivity index (χ0n) is 21.0. The maximum absolute atomic E-state index is 13.2. The van der Waals surface area contributed by atoms with Gasteiger partial charge in [-0.05, 0) is 54.9 Å². The highest BCUT2D eigenvalue weighted by Crippen LogP contribution is 2.38. The minimum atomic E-state index is -0.448. The van der Waals surface area contributed by atoms with E-state index in [0.29, 0.717) is 40.7 Å². The number of aryl methyl sites for hydroxylation is 3. The molecule has 0 amide bonds. The van der Waals surface area contributed by atoms with Crippen LogP contribution in [0.15, 0.2) is 52.9 Å². The van der Waals surface area contributed by atoms with Gasteiger partial charge in [0.05, 0.1) is 26.2 Å². The van der Waals surface area contributed by atoms with Crippen molar-refractivity contribution in [3.05, 3.63) is 70.8 Å². The van der Waals surface area contributed by atoms with Crippen molar-refractivity contribution in [2.24, 2.45) is 0 Å². The van der Waals surface area contributed by atoms with Crippen LogP contribution in [-0.2, 0) is 17.8 Å². The fourth-order valence-corrected chi connectivity index (χ4v) is 4.40. The summed E-state index contributed by atoms with van der Waals surface area (Å²) >= 11 is 0. The summed E-state index contributed by atoms with van der Waals surface area (Å²) in [5.41, 5.74) is 3.00. The fourth-order valence-electron chi connectivity index (χ4n) is 4.40. The standard InChI is InChI=1S/C28H26N2O7/c1-5-30-15-17(21-12-18(33-3)6-8-22(21)30)11-24-28(32)27-16(2)10-20(13-23(27)36-24)35-26(31)9-7-19-14-25(34-4)29-37-19/h6,8,10-15H,5,7,9H2,1-4H3/b24-11-. The second-order valence-corrected chi connectivity index (χ2v) is 8.62. The van der Waals surface area contributed by atoms with E-state index in [4.69, 9.17) is 23.5 Å². The molecule has 1 aliphatic heterocycles. The molecule has 0 unspecified atom stereocenters. The quantitative estimate of drug-likeness (QED) is 0.186. The van der Waals surface area contributed by atoms with Crippen LogP contribution < -0.4 is 18.9 Å². The minimum Gasteiger partial charge on any atom is -0.497 e. The maximum Gasteiger partial charge on any atom is 0.311 e. The van der Waals surface area contributed by atoms with Crippen LogP contribution in [0.2, 0.25) is 0 Å². The number of allylic oxidation sites excluding steroid dienone is 1. The van der Waals surface area contributed by atoms with E-state index < -0.39 is 5.97 Å². The first-order chi connectivity index (χ1) is 17.9. The first-order valence-corrected chi connectivity index (χ1v) is 11.9. The molecule has 190 valence electrons. The maximum atomic E-state index is 13.2. The molecule has 0 radical (unpaired) electrons. The SMILES string of the molecule is CCn1cc(/C=C2\Oc3cc(OC(=O)CCc4cc(OC)no4)cc(C)c3C2=O)c2cc(OC)ccc21. The monoisotopic (exact) mass is 502 g/mol. The summed E-state index contributed by atoms with van der Waals surface area (Å²) in [4.78, 5) is 25.6. The van der Waals surface area contributed by atoms with Crippen molar-refractivity contribution >= 4 is 28.7 Å². The molecule has 0 saturated heterocycles. The van der Waals surface area contributed by atoms with Crippen LogP contribution in [0.1, 0.15) is 40.6 Å². The Morgan fingerprint density at radius 2 is 1.95 bits per heavy atom. The number of rotatable bonds is 8. The highest BCUT2D eigenvalue weighted by atomic mass is 16.5. The lowest BCUT2D eigenvalue weighted by molar-refractivity contribution is -0.134. The number of carbonyl (C=O) groups excluding carboxylic acids is 2. The summed E-state index contributed by atoms with van der Waals surface area (Å²) in [5, 5.41) is 4.67. The number of ketones is 1. The van der Waals surface area contributed by atoms with E-state index in [1.54, 1.807) is 38.3 Å². The van der Waals surface area contributed by atoms with Crippen LogP contribution in [0.3, 0.4) is 0 Å². The van der Waals surface area contributed by atoms with Crippen LogP contribution in [0, 0.1) is 6.92 Å². The number of hydrogen-bond acceptors (Lipinski definition) is 8. The smallest absolute Gasteiger partial charge is 0.311 e. The highest BCUT2D eigenvalue weighted by Gasteiger charge is 2.30. The topological polar surface area (TPSA) is 102 Å². The summed E-state index contributed by atoms with van der Waals surface area (Å²) in [7, 11) is 3.11. The Balaban J connectivity index is 1.36. The molecule has 0 bridgehead atoms. The number of ether oxygens (including phenoxy) is 4. The third-order valence-electron chi connectivity index (χ3n) is 6.24. The molecule has 4 aromatic rings. The van der Waals surface area contributed by atoms with Crippen molar-refractivity contribution in [2.75, 3.05) is 14.2 Å². The number of benzene rings is 2. The zero-order valence-corrected chi connectivity index (χ0v) is 21.0. The van der Waals surface area contributed by atoms with Gasteiger partial charge in [-0.3, -0.25) is 9.59 Å². The number of hydrogen-bond donors (Lipinski definition) is 0. The Bertz CT molecular complexity index is 1540. The summed E-state index contributed by atoms with van der Waals surface area (Å²) in [6.07, 6.45) is 4.13. The number of aromatic nitrogens is 2. The van der Waals surface area contributed by atoms with Crippen LogP contribution in [0.5, 0.6) is 23.1 Å². The first-order valence-electron chi connectivity index (χ1n) is 11.9. The van der Waals surface area contributed by atoms with Gasteiger partial charge in [-0.15, -0.1) is 0 Å². The van der Waals surface area contributed by atoms with E-state index in [9.17, 15) is 9.59 Å². The van der Waals surface area contributed by atoms with Gasteiger partial charge in [0.2, 0.25) is 5.78 Å². The summed E-state index contributed by atoms with van der Waals surface area (Å²) < 4.78 is 29.0. The number of carbonyl (C=O) groups is 2. The van der Waals surface area contributed by atoms with E-state index in [0.717, 1.165) is 28.8 Å². The molecule has 3 heterocycles. The van der Waals surface area contributed by atoms with Crippen molar-refractivity contribution in [3.63, 3.8) is 0 Å². The van der Waals surface area contributed by atoms with Gasteiger partial charge >= 0.3 is 5.97 Å². The molecular formula is C28H26N2O7. The van der Waals surface area contributed by atoms with Crippen molar-refractivity contribution in [3.8, 4) is 23.1 Å². The van der Waals surface area contributed by atoms with Crippen molar-refractivity contribution in [1.82, 2.24) is 9.72 Å². The van der Waals surface area contributed by atoms with Crippen molar-refractivity contribution in [2.45, 2.75) is 33.2 Å². The van der Waals surface area contributed by atoms with Gasteiger partial charge in [0.1, 0.15) is 23.0 Å². The minimum absolute atomic E-state index is 0.0877. The molecule has 2 aromatic heterocycles. The molecule has 0 spiro atoms. The molecule has 0 N–H and O–H groups in total. The van der Waals surface area contributed by atoms with Gasteiger partial charge in [-0.1, -0.05) is 0 Å². The molecule has 0 atom stereocenters. The molecule has 9 nitrogen and oxygen atoms in total. The predicted molar refractivity (Wildman–Crippen MR) is 135 cm³/mol. The molecule has 0 fully saturated rings. The zero-order chi connectivity index (χ0) is 26.1. The molecule has 1 aliphatic rings. The second-order valence-electron chi connectivity index (χ2n) is 8.62. The third kappa shape index (κ3) is 4.67. The Morgan fingerprint density at radius 1 is 1.11 bits per heavy atom. The van der Waals surface area contributed by atoms with Gasteiger partial charge in [-0.25, -0.2) is 0 Å². The molecule has 9 heteroatoms. The largest absolute Gasteiger partial charge is 0.497 e. The summed E-state index contributed by atoms with van der Waals surface area (Å²) in [6.45, 7) is 4.62. The van der Waals surface area contributed by atoms with E-state index >= 15 is 0 Å². The Morgan fingerprint density at radius 3 is 2.68 bits per heavy atom. The Kier molecular flexibility index (Phi) is 6.43. The average Bonchev–Trinajstić information content (AvgIpc) is 3.58. The van der Waals surface area contributed by atoms with Gasteiger partial charge in [0.25, 0.3) is 5.88 Å². The van der Waals surface area contributed by atoms with Crippen molar-refractivity contribution < 1.29 is 33.1 Å². The van der Waals surface area contributed by atoms with E-state index in [1.165, 1.54) is 7.11 Å². The van der Waals surface area contributed by atoms with Crippen LogP contribution in [-0.4, -0.2) is 35.7 Å². The van der Waals surface area contributed by atoms with E-state index in [2.05, 4.69) is 16.6 Å². The number of esters is 1. The van der Waals surface area contributed by atoms with E-state index in [1.807, 2.05) is 24.4 Å². The average molecular weight is 503 g/mol. The lowest BCUT2D eigenvalue weighted by Crippen LogP contribution is -2.09. The number of methoxy groups -OCH3 is 2. The third-order valence-corrected chi connectivity index (χ3v) is 6.24.